The molecule has 0 spiro atoms. The first-order valence-corrected chi connectivity index (χ1v) is 11.8. The summed E-state index contributed by atoms with van der Waals surface area (Å²) in [4.78, 5) is 0. The van der Waals surface area contributed by atoms with E-state index in [1.807, 2.05) is 6.07 Å². The Hall–Kier alpha value is -1.11. The van der Waals surface area contributed by atoms with Crippen LogP contribution < -0.4 is 0 Å². The van der Waals surface area contributed by atoms with Crippen molar-refractivity contribution >= 4 is 22.6 Å². The maximum atomic E-state index is 14.7. The summed E-state index contributed by atoms with van der Waals surface area (Å²) in [6, 6.07) is 6.58. The lowest BCUT2D eigenvalue weighted by molar-refractivity contribution is 0.189. The average molecular weight is 516 g/mol. The van der Waals surface area contributed by atoms with Crippen LogP contribution in [0.4, 0.5) is 17.6 Å². The van der Waals surface area contributed by atoms with Gasteiger partial charge >= 0.3 is 0 Å². The summed E-state index contributed by atoms with van der Waals surface area (Å²) in [5, 5.41) is 0. The van der Waals surface area contributed by atoms with Crippen LogP contribution in [0.5, 0.6) is 0 Å². The van der Waals surface area contributed by atoms with Gasteiger partial charge in [0, 0.05) is 9.49 Å². The van der Waals surface area contributed by atoms with Crippen LogP contribution in [-0.2, 0) is 0 Å². The molecule has 2 aliphatic rings. The normalized spacial score (nSPS) is 27.8. The molecule has 156 valence electrons. The first kappa shape index (κ1) is 21.1. The van der Waals surface area contributed by atoms with E-state index >= 15 is 0 Å². The van der Waals surface area contributed by atoms with Crippen molar-refractivity contribution in [3.8, 4) is 11.1 Å². The molecular weight excluding hydrogens is 491 g/mol. The lowest BCUT2D eigenvalue weighted by Gasteiger charge is -2.37. The van der Waals surface area contributed by atoms with Crippen LogP contribution in [0.25, 0.3) is 11.1 Å². The van der Waals surface area contributed by atoms with Crippen LogP contribution in [0.1, 0.15) is 62.8 Å². The van der Waals surface area contributed by atoms with Gasteiger partial charge in [0.1, 0.15) is 5.82 Å². The van der Waals surface area contributed by atoms with E-state index in [0.717, 1.165) is 46.3 Å². The van der Waals surface area contributed by atoms with Gasteiger partial charge in [0.2, 0.25) is 0 Å². The van der Waals surface area contributed by atoms with Crippen molar-refractivity contribution < 1.29 is 17.6 Å². The zero-order valence-corrected chi connectivity index (χ0v) is 18.4. The highest BCUT2D eigenvalue weighted by Gasteiger charge is 2.31. The molecule has 2 aromatic carbocycles. The molecular formula is C24H25F4I. The highest BCUT2D eigenvalue weighted by atomic mass is 127. The minimum absolute atomic E-state index is 0.0139. The number of rotatable bonds is 3. The summed E-state index contributed by atoms with van der Waals surface area (Å²) in [5.74, 6) is -2.69. The maximum absolute atomic E-state index is 14.7. The molecule has 0 atom stereocenters. The summed E-state index contributed by atoms with van der Waals surface area (Å²) in [7, 11) is 0. The molecule has 29 heavy (non-hydrogen) atoms. The van der Waals surface area contributed by atoms with Crippen LogP contribution in [-0.4, -0.2) is 3.92 Å². The molecule has 2 aliphatic carbocycles. The number of benzene rings is 2. The molecule has 0 saturated heterocycles. The zero-order chi connectivity index (χ0) is 20.5. The van der Waals surface area contributed by atoms with Crippen LogP contribution in [0, 0.1) is 35.1 Å². The van der Waals surface area contributed by atoms with Gasteiger partial charge in [-0.05, 0) is 98.4 Å². The third kappa shape index (κ3) is 4.64. The highest BCUT2D eigenvalue weighted by Crippen LogP contribution is 2.44. The molecule has 0 aromatic heterocycles. The third-order valence-electron chi connectivity index (χ3n) is 6.90. The topological polar surface area (TPSA) is 0 Å². The van der Waals surface area contributed by atoms with E-state index in [9.17, 15) is 17.6 Å². The summed E-state index contributed by atoms with van der Waals surface area (Å²) in [6.07, 6.45) is 9.87. The van der Waals surface area contributed by atoms with Gasteiger partial charge in [-0.3, -0.25) is 0 Å². The van der Waals surface area contributed by atoms with Crippen LogP contribution >= 0.6 is 22.6 Å². The molecule has 2 aromatic rings. The Labute approximate surface area is 183 Å². The van der Waals surface area contributed by atoms with Crippen molar-refractivity contribution in [1.29, 1.82) is 0 Å². The van der Waals surface area contributed by atoms with Gasteiger partial charge in [0.15, 0.2) is 17.5 Å². The molecule has 0 radical (unpaired) electrons. The number of hydrogen-bond donors (Lipinski definition) is 0. The Bertz CT molecular complexity index is 842. The molecule has 0 bridgehead atoms. The van der Waals surface area contributed by atoms with Gasteiger partial charge in [-0.1, -0.05) is 34.7 Å². The van der Waals surface area contributed by atoms with Crippen LogP contribution in [0.3, 0.4) is 0 Å². The Kier molecular flexibility index (Phi) is 6.52. The second kappa shape index (κ2) is 8.94. The second-order valence-electron chi connectivity index (χ2n) is 8.62. The first-order chi connectivity index (χ1) is 13.9. The predicted molar refractivity (Wildman–Crippen MR) is 116 cm³/mol. The summed E-state index contributed by atoms with van der Waals surface area (Å²) in [5.41, 5.74) is 1.06. The fourth-order valence-electron chi connectivity index (χ4n) is 5.20. The van der Waals surface area contributed by atoms with Crippen molar-refractivity contribution in [1.82, 2.24) is 0 Å². The van der Waals surface area contributed by atoms with Crippen molar-refractivity contribution in [3.63, 3.8) is 0 Å². The molecule has 0 aliphatic heterocycles. The summed E-state index contributed by atoms with van der Waals surface area (Å²) >= 11 is 2.57. The van der Waals surface area contributed by atoms with Gasteiger partial charge in [-0.15, -0.1) is 0 Å². The third-order valence-corrected chi connectivity index (χ3v) is 8.14. The van der Waals surface area contributed by atoms with Crippen molar-refractivity contribution in [2.45, 2.75) is 61.2 Å². The minimum Gasteiger partial charge on any atom is -0.206 e. The number of hydrogen-bond acceptors (Lipinski definition) is 0. The summed E-state index contributed by atoms with van der Waals surface area (Å²) < 4.78 is 55.7. The quantitative estimate of drug-likeness (QED) is 0.167. The molecule has 0 heterocycles. The van der Waals surface area contributed by atoms with Crippen molar-refractivity contribution in [2.24, 2.45) is 11.8 Å². The Morgan fingerprint density at radius 2 is 1.21 bits per heavy atom. The van der Waals surface area contributed by atoms with Gasteiger partial charge in [-0.2, -0.15) is 0 Å². The Morgan fingerprint density at radius 1 is 0.655 bits per heavy atom. The molecule has 0 unspecified atom stereocenters. The monoisotopic (exact) mass is 516 g/mol. The lowest BCUT2D eigenvalue weighted by atomic mass is 9.70. The number of halogens is 5. The van der Waals surface area contributed by atoms with Gasteiger partial charge in [0.25, 0.3) is 0 Å². The van der Waals surface area contributed by atoms with E-state index in [1.165, 1.54) is 44.6 Å². The van der Waals surface area contributed by atoms with E-state index in [1.54, 1.807) is 6.07 Å². The van der Waals surface area contributed by atoms with E-state index in [-0.39, 0.29) is 11.1 Å². The van der Waals surface area contributed by atoms with E-state index in [0.29, 0.717) is 5.92 Å². The second-order valence-corrected chi connectivity index (χ2v) is 10.4. The maximum Gasteiger partial charge on any atom is 0.194 e. The largest absolute Gasteiger partial charge is 0.206 e. The predicted octanol–water partition coefficient (Wildman–Crippen LogP) is 8.18. The molecule has 4 rings (SSSR count). The lowest BCUT2D eigenvalue weighted by Crippen LogP contribution is -2.25. The molecule has 0 nitrogen and oxygen atoms in total. The summed E-state index contributed by atoms with van der Waals surface area (Å²) in [6.45, 7) is 0. The van der Waals surface area contributed by atoms with E-state index < -0.39 is 23.3 Å². The molecule has 0 amide bonds. The van der Waals surface area contributed by atoms with E-state index in [2.05, 4.69) is 22.6 Å². The standard InChI is InChI=1S/C24H25F4I/c25-21-11-17(7-10-20(21)18-12-22(26)24(28)23(27)13-18)16-3-1-14(2-4-16)15-5-8-19(29)9-6-15/h7,10-16,19H,1-6,8-9H2. The fourth-order valence-corrected chi connectivity index (χ4v) is 5.92. The van der Waals surface area contributed by atoms with Crippen LogP contribution in [0.2, 0.25) is 0 Å². The van der Waals surface area contributed by atoms with Crippen molar-refractivity contribution in [3.05, 3.63) is 59.2 Å². The molecule has 2 fully saturated rings. The van der Waals surface area contributed by atoms with Crippen molar-refractivity contribution in [2.75, 3.05) is 0 Å². The van der Waals surface area contributed by atoms with Gasteiger partial charge < -0.3 is 0 Å². The zero-order valence-electron chi connectivity index (χ0n) is 16.2. The first-order valence-electron chi connectivity index (χ1n) is 10.5. The molecule has 0 N–H and O–H groups in total. The molecule has 2 saturated carbocycles. The minimum atomic E-state index is -1.53. The van der Waals surface area contributed by atoms with Gasteiger partial charge in [0.05, 0.1) is 0 Å². The molecule has 5 heteroatoms. The van der Waals surface area contributed by atoms with Gasteiger partial charge in [-0.25, -0.2) is 17.6 Å². The van der Waals surface area contributed by atoms with E-state index in [4.69, 9.17) is 0 Å². The Balaban J connectivity index is 1.44. The van der Waals surface area contributed by atoms with Crippen LogP contribution in [0.15, 0.2) is 30.3 Å². The fraction of sp³-hybridized carbons (Fsp3) is 0.500. The highest BCUT2D eigenvalue weighted by molar-refractivity contribution is 14.1. The smallest absolute Gasteiger partial charge is 0.194 e. The number of alkyl halides is 1. The SMILES string of the molecule is Fc1cc(C2CCC(C3CCC(I)CC3)CC2)ccc1-c1cc(F)c(F)c(F)c1. The Morgan fingerprint density at radius 3 is 1.76 bits per heavy atom. The average Bonchev–Trinajstić information content (AvgIpc) is 2.72.